The number of aliphatic hydroxyl groups excluding tert-OH is 2. The zero-order valence-electron chi connectivity index (χ0n) is 26.3. The summed E-state index contributed by atoms with van der Waals surface area (Å²) in [5, 5.41) is 21.9. The summed E-state index contributed by atoms with van der Waals surface area (Å²) in [7, 11) is 1.32. The Morgan fingerprint density at radius 1 is 0.854 bits per heavy atom. The van der Waals surface area contributed by atoms with Crippen molar-refractivity contribution >= 4 is 8.32 Å². The average Bonchev–Trinajstić information content (AvgIpc) is 3.01. The van der Waals surface area contributed by atoms with E-state index in [2.05, 4.69) is 32.9 Å². The summed E-state index contributed by atoms with van der Waals surface area (Å²) in [5.74, 6) is 0.769. The molecule has 0 fully saturated rings. The molecule has 2 rings (SSSR count). The molecular formula is C33H54O7Si. The average molecular weight is 591 g/mol. The Morgan fingerprint density at radius 3 is 2.00 bits per heavy atom. The first kappa shape index (κ1) is 35.4. The molecule has 41 heavy (non-hydrogen) atoms. The van der Waals surface area contributed by atoms with E-state index in [1.165, 1.54) is 0 Å². The van der Waals surface area contributed by atoms with Gasteiger partial charge >= 0.3 is 0 Å². The van der Waals surface area contributed by atoms with Gasteiger partial charge < -0.3 is 33.6 Å². The predicted octanol–water partition coefficient (Wildman–Crippen LogP) is 6.36. The summed E-state index contributed by atoms with van der Waals surface area (Å²) in [6, 6.07) is 20.9. The fourth-order valence-electron chi connectivity index (χ4n) is 5.17. The second-order valence-corrected chi connectivity index (χ2v) is 16.3. The molecule has 0 spiro atoms. The topological polar surface area (TPSA) is 86.6 Å². The van der Waals surface area contributed by atoms with Crippen molar-refractivity contribution in [2.24, 2.45) is 5.41 Å². The molecule has 0 aliphatic carbocycles. The van der Waals surface area contributed by atoms with Crippen LogP contribution < -0.4 is 4.74 Å². The van der Waals surface area contributed by atoms with Gasteiger partial charge in [0.15, 0.2) is 8.32 Å². The standard InChI is InChI=1S/C33H54O7Si/c1-8-41(9-2,10-3)40-29(20-21-38-23-26-14-12-11-13-15-26)22-30(37-7)31(35)32(33(4,5)25-34)39-24-27-16-18-28(36-6)19-17-27/h11-19,29-32,34-35H,8-10,20-25H2,1-7H3/t29-,30+,31+,32+/m0/s1. The molecule has 0 aliphatic rings. The lowest BCUT2D eigenvalue weighted by molar-refractivity contribution is -0.160. The molecule has 0 bridgehead atoms. The lowest BCUT2D eigenvalue weighted by atomic mass is 9.81. The van der Waals surface area contributed by atoms with Crippen molar-refractivity contribution in [3.8, 4) is 5.75 Å². The van der Waals surface area contributed by atoms with Crippen molar-refractivity contribution < 1.29 is 33.6 Å². The number of aliphatic hydroxyl groups is 2. The molecule has 0 aliphatic heterocycles. The van der Waals surface area contributed by atoms with Gasteiger partial charge in [-0.25, -0.2) is 0 Å². The van der Waals surface area contributed by atoms with Crippen molar-refractivity contribution in [1.29, 1.82) is 0 Å². The van der Waals surface area contributed by atoms with Gasteiger partial charge in [-0.2, -0.15) is 0 Å². The molecule has 0 aromatic heterocycles. The predicted molar refractivity (Wildman–Crippen MR) is 167 cm³/mol. The number of benzene rings is 2. The maximum Gasteiger partial charge on any atom is 0.192 e. The first-order chi connectivity index (χ1) is 19.7. The van der Waals surface area contributed by atoms with Gasteiger partial charge in [-0.05, 0) is 47.8 Å². The van der Waals surface area contributed by atoms with Gasteiger partial charge in [0.2, 0.25) is 0 Å². The van der Waals surface area contributed by atoms with Crippen molar-refractivity contribution in [3.05, 3.63) is 65.7 Å². The summed E-state index contributed by atoms with van der Waals surface area (Å²) in [6.07, 6.45) is -1.10. The van der Waals surface area contributed by atoms with Gasteiger partial charge in [-0.1, -0.05) is 77.1 Å². The molecule has 0 radical (unpaired) electrons. The monoisotopic (exact) mass is 590 g/mol. The number of hydrogen-bond donors (Lipinski definition) is 2. The van der Waals surface area contributed by atoms with Crippen LogP contribution in [0.2, 0.25) is 18.1 Å². The summed E-state index contributed by atoms with van der Waals surface area (Å²) < 4.78 is 30.4. The summed E-state index contributed by atoms with van der Waals surface area (Å²) in [5.41, 5.74) is 1.39. The highest BCUT2D eigenvalue weighted by Gasteiger charge is 2.41. The van der Waals surface area contributed by atoms with Crippen LogP contribution >= 0.6 is 0 Å². The van der Waals surface area contributed by atoms with Gasteiger partial charge in [0.1, 0.15) is 11.9 Å². The molecule has 2 aromatic carbocycles. The van der Waals surface area contributed by atoms with Crippen LogP contribution in [0.3, 0.4) is 0 Å². The van der Waals surface area contributed by atoms with Crippen LogP contribution in [-0.2, 0) is 31.9 Å². The van der Waals surface area contributed by atoms with E-state index in [4.69, 9.17) is 23.4 Å². The zero-order chi connectivity index (χ0) is 30.3. The van der Waals surface area contributed by atoms with Crippen LogP contribution in [0.1, 0.15) is 58.6 Å². The van der Waals surface area contributed by atoms with E-state index in [1.807, 2.05) is 56.3 Å². The fraction of sp³-hybridized carbons (Fsp3) is 0.636. The molecule has 0 heterocycles. The Hall–Kier alpha value is -1.78. The number of rotatable bonds is 21. The second-order valence-electron chi connectivity index (χ2n) is 11.5. The minimum Gasteiger partial charge on any atom is -0.497 e. The van der Waals surface area contributed by atoms with Gasteiger partial charge in [-0.3, -0.25) is 0 Å². The summed E-state index contributed by atoms with van der Waals surface area (Å²) in [4.78, 5) is 0. The molecule has 8 heteroatoms. The van der Waals surface area contributed by atoms with Crippen molar-refractivity contribution in [1.82, 2.24) is 0 Å². The highest BCUT2D eigenvalue weighted by molar-refractivity contribution is 6.73. The molecular weight excluding hydrogens is 536 g/mol. The van der Waals surface area contributed by atoms with Crippen LogP contribution in [-0.4, -0.2) is 70.4 Å². The van der Waals surface area contributed by atoms with Gasteiger partial charge in [0.05, 0.1) is 39.1 Å². The molecule has 2 N–H and O–H groups in total. The SMILES string of the molecule is CC[Si](CC)(CC)O[C@@H](CCOCc1ccccc1)C[C@@H](OC)[C@@H](O)[C@@H](OCc1ccc(OC)cc1)C(C)(C)CO. The third-order valence-corrected chi connectivity index (χ3v) is 13.0. The molecule has 2 aromatic rings. The van der Waals surface area contributed by atoms with E-state index in [9.17, 15) is 10.2 Å². The van der Waals surface area contributed by atoms with E-state index < -0.39 is 32.0 Å². The third kappa shape index (κ3) is 11.1. The highest BCUT2D eigenvalue weighted by atomic mass is 28.4. The molecule has 0 saturated heterocycles. The van der Waals surface area contributed by atoms with E-state index in [0.29, 0.717) is 26.1 Å². The smallest absolute Gasteiger partial charge is 0.192 e. The van der Waals surface area contributed by atoms with Crippen molar-refractivity contribution in [2.45, 2.75) is 103 Å². The molecule has 232 valence electrons. The largest absolute Gasteiger partial charge is 0.497 e. The Labute approximate surface area is 249 Å². The van der Waals surface area contributed by atoms with Gasteiger partial charge in [-0.15, -0.1) is 0 Å². The highest BCUT2D eigenvalue weighted by Crippen LogP contribution is 2.32. The minimum absolute atomic E-state index is 0.128. The van der Waals surface area contributed by atoms with E-state index in [0.717, 1.165) is 35.0 Å². The van der Waals surface area contributed by atoms with E-state index >= 15 is 0 Å². The lowest BCUT2D eigenvalue weighted by Gasteiger charge is -2.40. The Bertz CT molecular complexity index is 942. The maximum atomic E-state index is 11.7. The summed E-state index contributed by atoms with van der Waals surface area (Å²) >= 11 is 0. The number of methoxy groups -OCH3 is 2. The molecule has 7 nitrogen and oxygen atoms in total. The van der Waals surface area contributed by atoms with Crippen LogP contribution in [0, 0.1) is 5.41 Å². The minimum atomic E-state index is -1.93. The van der Waals surface area contributed by atoms with Crippen LogP contribution in [0.25, 0.3) is 0 Å². The van der Waals surface area contributed by atoms with Crippen molar-refractivity contribution in [3.63, 3.8) is 0 Å². The van der Waals surface area contributed by atoms with Crippen molar-refractivity contribution in [2.75, 3.05) is 27.4 Å². The third-order valence-electron chi connectivity index (χ3n) is 8.30. The molecule has 4 atom stereocenters. The van der Waals surface area contributed by atoms with Crippen LogP contribution in [0.5, 0.6) is 5.75 Å². The number of ether oxygens (including phenoxy) is 4. The molecule has 0 unspecified atom stereocenters. The van der Waals surface area contributed by atoms with Gasteiger partial charge in [0.25, 0.3) is 0 Å². The summed E-state index contributed by atoms with van der Waals surface area (Å²) in [6.45, 7) is 11.7. The normalized spacial score (nSPS) is 15.3. The quantitative estimate of drug-likeness (QED) is 0.129. The van der Waals surface area contributed by atoms with Crippen LogP contribution in [0.15, 0.2) is 54.6 Å². The maximum absolute atomic E-state index is 11.7. The van der Waals surface area contributed by atoms with E-state index in [-0.39, 0.29) is 19.3 Å². The second kappa shape index (κ2) is 18.0. The zero-order valence-corrected chi connectivity index (χ0v) is 27.3. The first-order valence-electron chi connectivity index (χ1n) is 15.0. The Morgan fingerprint density at radius 2 is 1.46 bits per heavy atom. The fourth-order valence-corrected chi connectivity index (χ4v) is 8.09. The molecule has 0 amide bonds. The lowest BCUT2D eigenvalue weighted by Crippen LogP contribution is -2.51. The number of hydrogen-bond acceptors (Lipinski definition) is 7. The molecule has 0 saturated carbocycles. The Balaban J connectivity index is 2.18. The Kier molecular flexibility index (Phi) is 15.6. The van der Waals surface area contributed by atoms with E-state index in [1.54, 1.807) is 14.2 Å². The first-order valence-corrected chi connectivity index (χ1v) is 17.6. The van der Waals surface area contributed by atoms with Crippen LogP contribution in [0.4, 0.5) is 0 Å². The van der Waals surface area contributed by atoms with Gasteiger partial charge in [0, 0.05) is 31.7 Å².